The van der Waals surface area contributed by atoms with Crippen LogP contribution in [0.3, 0.4) is 0 Å². The number of carbonyl (C=O) groups is 2. The Kier molecular flexibility index (Phi) is 18.2. The van der Waals surface area contributed by atoms with E-state index in [-0.39, 0.29) is 21.6 Å². The SMILES string of the molecule is CCCOC(=O)C(Br)CCCCCCCCCCC(Br)C(=O)OCCC. The van der Waals surface area contributed by atoms with Gasteiger partial charge in [-0.25, -0.2) is 0 Å². The topological polar surface area (TPSA) is 52.6 Å². The van der Waals surface area contributed by atoms with E-state index in [0.717, 1.165) is 51.4 Å². The van der Waals surface area contributed by atoms with E-state index in [1.807, 2.05) is 13.8 Å². The molecule has 0 fully saturated rings. The van der Waals surface area contributed by atoms with Gasteiger partial charge in [0, 0.05) is 0 Å². The Morgan fingerprint density at radius 3 is 1.27 bits per heavy atom. The van der Waals surface area contributed by atoms with Crippen molar-refractivity contribution in [1.82, 2.24) is 0 Å². The molecule has 0 aliphatic carbocycles. The molecule has 0 aliphatic rings. The molecule has 0 aromatic heterocycles. The first-order valence-electron chi connectivity index (χ1n) is 10.1. The van der Waals surface area contributed by atoms with E-state index in [1.165, 1.54) is 25.7 Å². The summed E-state index contributed by atoms with van der Waals surface area (Å²) < 4.78 is 10.2. The number of hydrogen-bond donors (Lipinski definition) is 0. The molecule has 0 aliphatic heterocycles. The third-order valence-corrected chi connectivity index (χ3v) is 5.74. The van der Waals surface area contributed by atoms with E-state index in [1.54, 1.807) is 0 Å². The van der Waals surface area contributed by atoms with Crippen LogP contribution >= 0.6 is 31.9 Å². The molecule has 26 heavy (non-hydrogen) atoms. The van der Waals surface area contributed by atoms with Gasteiger partial charge in [-0.05, 0) is 25.7 Å². The van der Waals surface area contributed by atoms with E-state index < -0.39 is 0 Å². The number of ether oxygens (including phenoxy) is 2. The van der Waals surface area contributed by atoms with E-state index in [2.05, 4.69) is 31.9 Å². The van der Waals surface area contributed by atoms with Gasteiger partial charge in [0.2, 0.25) is 0 Å². The van der Waals surface area contributed by atoms with Crippen molar-refractivity contribution in [3.63, 3.8) is 0 Å². The Morgan fingerprint density at radius 1 is 0.654 bits per heavy atom. The van der Waals surface area contributed by atoms with Gasteiger partial charge in [0.05, 0.1) is 13.2 Å². The fourth-order valence-electron chi connectivity index (χ4n) is 2.53. The molecule has 0 bridgehead atoms. The van der Waals surface area contributed by atoms with Crippen molar-refractivity contribution >= 4 is 43.8 Å². The fraction of sp³-hybridized carbons (Fsp3) is 0.900. The average Bonchev–Trinajstić information content (AvgIpc) is 2.64. The summed E-state index contributed by atoms with van der Waals surface area (Å²) >= 11 is 6.82. The summed E-state index contributed by atoms with van der Waals surface area (Å²) in [6.45, 7) is 5.01. The molecule has 2 unspecified atom stereocenters. The molecule has 0 N–H and O–H groups in total. The Morgan fingerprint density at radius 2 is 0.962 bits per heavy atom. The zero-order chi connectivity index (χ0) is 19.6. The number of alkyl halides is 2. The summed E-state index contributed by atoms with van der Waals surface area (Å²) in [5.41, 5.74) is 0. The highest BCUT2D eigenvalue weighted by Gasteiger charge is 2.16. The number of hydrogen-bond acceptors (Lipinski definition) is 4. The van der Waals surface area contributed by atoms with Gasteiger partial charge in [-0.1, -0.05) is 97.1 Å². The molecule has 0 heterocycles. The highest BCUT2D eigenvalue weighted by Crippen LogP contribution is 2.17. The van der Waals surface area contributed by atoms with Crippen LogP contribution in [0.5, 0.6) is 0 Å². The summed E-state index contributed by atoms with van der Waals surface area (Å²) in [6.07, 6.45) is 12.8. The lowest BCUT2D eigenvalue weighted by atomic mass is 10.1. The molecule has 4 nitrogen and oxygen atoms in total. The molecule has 0 saturated carbocycles. The van der Waals surface area contributed by atoms with Crippen LogP contribution in [0.4, 0.5) is 0 Å². The largest absolute Gasteiger partial charge is 0.465 e. The summed E-state index contributed by atoms with van der Waals surface area (Å²) in [6, 6.07) is 0. The molecular formula is C20H36Br2O4. The first-order valence-corrected chi connectivity index (χ1v) is 12.0. The molecule has 154 valence electrons. The second-order valence-corrected chi connectivity index (χ2v) is 8.89. The lowest BCUT2D eigenvalue weighted by Crippen LogP contribution is -2.17. The van der Waals surface area contributed by atoms with Crippen molar-refractivity contribution < 1.29 is 19.1 Å². The van der Waals surface area contributed by atoms with Crippen LogP contribution in [0.2, 0.25) is 0 Å². The van der Waals surface area contributed by atoms with E-state index in [9.17, 15) is 9.59 Å². The maximum Gasteiger partial charge on any atom is 0.319 e. The molecule has 0 spiro atoms. The number of carbonyl (C=O) groups excluding carboxylic acids is 2. The smallest absolute Gasteiger partial charge is 0.319 e. The zero-order valence-corrected chi connectivity index (χ0v) is 19.6. The standard InChI is InChI=1S/C20H36Br2O4/c1-3-15-25-19(23)17(21)13-11-9-7-5-6-8-10-12-14-18(22)20(24)26-16-4-2/h17-18H,3-16H2,1-2H3. The molecule has 0 radical (unpaired) electrons. The van der Waals surface area contributed by atoms with E-state index in [4.69, 9.17) is 9.47 Å². The monoisotopic (exact) mass is 498 g/mol. The van der Waals surface area contributed by atoms with Crippen molar-refractivity contribution in [2.75, 3.05) is 13.2 Å². The molecule has 0 aromatic rings. The summed E-state index contributed by atoms with van der Waals surface area (Å²) in [7, 11) is 0. The van der Waals surface area contributed by atoms with E-state index >= 15 is 0 Å². The molecule has 0 aromatic carbocycles. The normalized spacial score (nSPS) is 13.2. The second-order valence-electron chi connectivity index (χ2n) is 6.68. The molecule has 6 heteroatoms. The third-order valence-electron chi connectivity index (χ3n) is 4.07. The predicted molar refractivity (Wildman–Crippen MR) is 114 cm³/mol. The van der Waals surface area contributed by atoms with E-state index in [0.29, 0.717) is 13.2 Å². The van der Waals surface area contributed by atoms with Gasteiger partial charge in [0.1, 0.15) is 9.65 Å². The van der Waals surface area contributed by atoms with Gasteiger partial charge in [-0.3, -0.25) is 9.59 Å². The van der Waals surface area contributed by atoms with Crippen molar-refractivity contribution in [3.05, 3.63) is 0 Å². The predicted octanol–water partition coefficient (Wildman–Crippen LogP) is 6.32. The molecule has 2 atom stereocenters. The molecule has 0 rings (SSSR count). The van der Waals surface area contributed by atoms with Crippen LogP contribution < -0.4 is 0 Å². The highest BCUT2D eigenvalue weighted by molar-refractivity contribution is 9.10. The van der Waals surface area contributed by atoms with Gasteiger partial charge in [-0.15, -0.1) is 0 Å². The number of rotatable bonds is 17. The van der Waals surface area contributed by atoms with Crippen molar-refractivity contribution in [3.8, 4) is 0 Å². The van der Waals surface area contributed by atoms with Crippen LogP contribution in [0.15, 0.2) is 0 Å². The first kappa shape index (κ1) is 25.9. The highest BCUT2D eigenvalue weighted by atomic mass is 79.9. The Balaban J connectivity index is 3.41. The average molecular weight is 500 g/mol. The molecular weight excluding hydrogens is 464 g/mol. The van der Waals surface area contributed by atoms with Crippen LogP contribution in [0, 0.1) is 0 Å². The summed E-state index contributed by atoms with van der Waals surface area (Å²) in [5.74, 6) is -0.258. The second kappa shape index (κ2) is 18.3. The Hall–Kier alpha value is -0.100. The molecule has 0 amide bonds. The summed E-state index contributed by atoms with van der Waals surface area (Å²) in [5, 5.41) is 0. The maximum absolute atomic E-state index is 11.6. The van der Waals surface area contributed by atoms with Crippen molar-refractivity contribution in [2.24, 2.45) is 0 Å². The minimum absolute atomic E-state index is 0.129. The zero-order valence-electron chi connectivity index (χ0n) is 16.4. The van der Waals surface area contributed by atoms with Gasteiger partial charge < -0.3 is 9.47 Å². The summed E-state index contributed by atoms with van der Waals surface area (Å²) in [4.78, 5) is 22.9. The molecule has 0 saturated heterocycles. The fourth-order valence-corrected chi connectivity index (χ4v) is 3.44. The van der Waals surface area contributed by atoms with Crippen molar-refractivity contribution in [2.45, 2.75) is 101 Å². The van der Waals surface area contributed by atoms with Crippen LogP contribution in [-0.4, -0.2) is 34.8 Å². The lowest BCUT2D eigenvalue weighted by Gasteiger charge is -2.10. The van der Waals surface area contributed by atoms with Gasteiger partial charge in [-0.2, -0.15) is 0 Å². The third kappa shape index (κ3) is 15.0. The number of halogens is 2. The number of unbranched alkanes of at least 4 members (excludes halogenated alkanes) is 7. The first-order chi connectivity index (χ1) is 12.5. The quantitative estimate of drug-likeness (QED) is 0.133. The van der Waals surface area contributed by atoms with Gasteiger partial charge in [0.15, 0.2) is 0 Å². The minimum atomic E-state index is -0.157. The van der Waals surface area contributed by atoms with Gasteiger partial charge >= 0.3 is 11.9 Å². The minimum Gasteiger partial charge on any atom is -0.465 e. The lowest BCUT2D eigenvalue weighted by molar-refractivity contribution is -0.143. The van der Waals surface area contributed by atoms with Crippen LogP contribution in [0.25, 0.3) is 0 Å². The number of esters is 2. The van der Waals surface area contributed by atoms with Crippen LogP contribution in [-0.2, 0) is 19.1 Å². The Bertz CT molecular complexity index is 330. The van der Waals surface area contributed by atoms with Gasteiger partial charge in [0.25, 0.3) is 0 Å². The van der Waals surface area contributed by atoms with Crippen LogP contribution in [0.1, 0.15) is 90.9 Å². The van der Waals surface area contributed by atoms with Crippen molar-refractivity contribution in [1.29, 1.82) is 0 Å². The Labute approximate surface area is 176 Å². The maximum atomic E-state index is 11.6.